The third-order valence-electron chi connectivity index (χ3n) is 8.74. The average molecular weight is 696 g/mol. The summed E-state index contributed by atoms with van der Waals surface area (Å²) in [7, 11) is 4.85. The molecule has 5 rings (SSSR count). The summed E-state index contributed by atoms with van der Waals surface area (Å²) in [6.07, 6.45) is 3.88. The van der Waals surface area contributed by atoms with Gasteiger partial charge >= 0.3 is 0 Å². The van der Waals surface area contributed by atoms with E-state index in [4.69, 9.17) is 32.7 Å². The fourth-order valence-corrected chi connectivity index (χ4v) is 6.49. The predicted octanol–water partition coefficient (Wildman–Crippen LogP) is 5.53. The highest BCUT2D eigenvalue weighted by Crippen LogP contribution is 2.36. The fraction of sp³-hybridized carbons (Fsp3) is 0.400. The number of para-hydroxylation sites is 1. The van der Waals surface area contributed by atoms with E-state index in [1.807, 2.05) is 41.0 Å². The van der Waals surface area contributed by atoms with Crippen LogP contribution in [-0.2, 0) is 27.5 Å². The highest BCUT2D eigenvalue weighted by atomic mass is 35.5. The number of carbonyl (C=O) groups excluding carboxylic acids is 3. The molecule has 3 heterocycles. The molecular formula is C35H40Cl2N6O5. The molecule has 1 fully saturated rings. The van der Waals surface area contributed by atoms with E-state index < -0.39 is 0 Å². The van der Waals surface area contributed by atoms with Gasteiger partial charge in [0.2, 0.25) is 11.8 Å². The van der Waals surface area contributed by atoms with Gasteiger partial charge < -0.3 is 24.6 Å². The lowest BCUT2D eigenvalue weighted by Crippen LogP contribution is -2.40. The molecule has 0 radical (unpaired) electrons. The number of halogens is 2. The molecule has 254 valence electrons. The Labute approximate surface area is 290 Å². The Morgan fingerprint density at radius 3 is 2.52 bits per heavy atom. The van der Waals surface area contributed by atoms with Crippen molar-refractivity contribution in [2.75, 3.05) is 45.7 Å². The van der Waals surface area contributed by atoms with Crippen molar-refractivity contribution in [2.24, 2.45) is 5.92 Å². The first-order chi connectivity index (χ1) is 23.2. The van der Waals surface area contributed by atoms with Gasteiger partial charge in [-0.2, -0.15) is 4.98 Å². The highest BCUT2D eigenvalue weighted by Gasteiger charge is 2.25. The molecule has 11 nitrogen and oxygen atoms in total. The number of rotatable bonds is 14. The molecule has 1 N–H and O–H groups in total. The third-order valence-corrected chi connectivity index (χ3v) is 9.51. The van der Waals surface area contributed by atoms with Crippen molar-refractivity contribution in [3.63, 3.8) is 0 Å². The number of amides is 2. The van der Waals surface area contributed by atoms with Crippen LogP contribution < -0.4 is 19.7 Å². The normalized spacial score (nSPS) is 13.8. The lowest BCUT2D eigenvalue weighted by atomic mass is 9.96. The van der Waals surface area contributed by atoms with Crippen LogP contribution in [0.1, 0.15) is 43.4 Å². The molecule has 48 heavy (non-hydrogen) atoms. The van der Waals surface area contributed by atoms with E-state index in [2.05, 4.69) is 20.2 Å². The Kier molecular flexibility index (Phi) is 11.9. The number of anilines is 1. The standard InChI is InChI=1S/C35H40Cl2N6O5/c1-38-34(46)23-14-18-42(19-15-23)20-16-25(44)10-13-31(45)41(2)28-12-11-27(36)26(32(28)37)22-48-30-9-6-8-29-33(30)40-35(47-3)43(29)21-24-7-4-5-17-39-24/h4-9,11-12,17,23H,10,13-16,18-22H2,1-3H3,(H,38,46). The molecule has 1 aliphatic rings. The number of methoxy groups -OCH3 is 1. The Morgan fingerprint density at radius 2 is 1.81 bits per heavy atom. The number of pyridine rings is 1. The molecule has 0 unspecified atom stereocenters. The van der Waals surface area contributed by atoms with E-state index in [0.29, 0.717) is 53.1 Å². The first kappa shape index (κ1) is 35.1. The average Bonchev–Trinajstić information content (AvgIpc) is 3.47. The smallest absolute Gasteiger partial charge is 0.297 e. The molecule has 0 bridgehead atoms. The molecule has 0 atom stereocenters. The van der Waals surface area contributed by atoms with E-state index in [9.17, 15) is 14.4 Å². The van der Waals surface area contributed by atoms with Crippen molar-refractivity contribution in [1.29, 1.82) is 0 Å². The minimum Gasteiger partial charge on any atom is -0.486 e. The van der Waals surface area contributed by atoms with E-state index >= 15 is 0 Å². The van der Waals surface area contributed by atoms with Gasteiger partial charge in [-0.05, 0) is 62.3 Å². The van der Waals surface area contributed by atoms with Gasteiger partial charge in [-0.3, -0.25) is 23.9 Å². The minimum atomic E-state index is -0.235. The van der Waals surface area contributed by atoms with Gasteiger partial charge in [-0.1, -0.05) is 35.3 Å². The number of imidazole rings is 1. The number of ketones is 1. The SMILES string of the molecule is CNC(=O)C1CCN(CCC(=O)CCC(=O)N(C)c2ccc(Cl)c(COc3cccc4c3nc(OC)n4Cc3ccccn3)c2Cl)CC1. The highest BCUT2D eigenvalue weighted by molar-refractivity contribution is 6.38. The maximum atomic E-state index is 13.1. The number of nitrogens with zero attached hydrogens (tertiary/aromatic N) is 5. The van der Waals surface area contributed by atoms with Gasteiger partial charge in [0.1, 0.15) is 23.7 Å². The molecule has 2 aromatic heterocycles. The van der Waals surface area contributed by atoms with Gasteiger partial charge in [0.15, 0.2) is 0 Å². The molecule has 2 amide bonds. The number of nitrogens with one attached hydrogen (secondary N) is 1. The first-order valence-corrected chi connectivity index (χ1v) is 16.7. The summed E-state index contributed by atoms with van der Waals surface area (Å²) in [5.41, 5.74) is 3.26. The summed E-state index contributed by atoms with van der Waals surface area (Å²) in [5.74, 6) is 0.416. The van der Waals surface area contributed by atoms with Crippen molar-refractivity contribution in [1.82, 2.24) is 24.8 Å². The second kappa shape index (κ2) is 16.3. The third kappa shape index (κ3) is 8.26. The van der Waals surface area contributed by atoms with Crippen LogP contribution in [0.4, 0.5) is 5.69 Å². The molecule has 1 aliphatic heterocycles. The van der Waals surface area contributed by atoms with E-state index in [1.165, 1.54) is 4.90 Å². The van der Waals surface area contributed by atoms with Crippen molar-refractivity contribution < 1.29 is 23.9 Å². The van der Waals surface area contributed by atoms with Gasteiger partial charge in [0, 0.05) is 62.6 Å². The van der Waals surface area contributed by atoms with Crippen molar-refractivity contribution in [3.05, 3.63) is 76.0 Å². The molecule has 0 aliphatic carbocycles. The molecule has 13 heteroatoms. The van der Waals surface area contributed by atoms with Crippen molar-refractivity contribution >= 4 is 57.5 Å². The number of likely N-dealkylation sites (tertiary alicyclic amines) is 1. The topological polar surface area (TPSA) is 119 Å². The van der Waals surface area contributed by atoms with Crippen LogP contribution in [0.25, 0.3) is 11.0 Å². The van der Waals surface area contributed by atoms with Gasteiger partial charge in [-0.25, -0.2) is 0 Å². The molecular weight excluding hydrogens is 655 g/mol. The Bertz CT molecular complexity index is 1760. The number of fused-ring (bicyclic) bond motifs is 1. The summed E-state index contributed by atoms with van der Waals surface area (Å²) < 4.78 is 13.7. The van der Waals surface area contributed by atoms with Crippen LogP contribution in [0.2, 0.25) is 10.0 Å². The summed E-state index contributed by atoms with van der Waals surface area (Å²) >= 11 is 13.4. The number of aromatic nitrogens is 3. The maximum absolute atomic E-state index is 13.1. The van der Waals surface area contributed by atoms with Gasteiger partial charge in [-0.15, -0.1) is 0 Å². The van der Waals surface area contributed by atoms with Crippen LogP contribution in [0.3, 0.4) is 0 Å². The van der Waals surface area contributed by atoms with Crippen molar-refractivity contribution in [2.45, 2.75) is 45.3 Å². The number of carbonyl (C=O) groups is 3. The molecule has 0 spiro atoms. The number of ether oxygens (including phenoxy) is 2. The number of hydrogen-bond acceptors (Lipinski definition) is 8. The van der Waals surface area contributed by atoms with E-state index in [0.717, 1.165) is 37.1 Å². The minimum absolute atomic E-state index is 0.0229. The Morgan fingerprint density at radius 1 is 1.02 bits per heavy atom. The van der Waals surface area contributed by atoms with E-state index in [1.54, 1.807) is 39.5 Å². The second-order valence-electron chi connectivity index (χ2n) is 11.7. The summed E-state index contributed by atoms with van der Waals surface area (Å²) in [5, 5.41) is 3.39. The quantitative estimate of drug-likeness (QED) is 0.183. The summed E-state index contributed by atoms with van der Waals surface area (Å²) in [4.78, 5) is 50.4. The van der Waals surface area contributed by atoms with Gasteiger partial charge in [0.25, 0.3) is 6.01 Å². The van der Waals surface area contributed by atoms with Crippen LogP contribution >= 0.6 is 23.2 Å². The zero-order valence-corrected chi connectivity index (χ0v) is 28.9. The Hall–Kier alpha value is -4.19. The Balaban J connectivity index is 1.19. The molecule has 1 saturated heterocycles. The van der Waals surface area contributed by atoms with E-state index in [-0.39, 0.29) is 48.0 Å². The second-order valence-corrected chi connectivity index (χ2v) is 12.5. The lowest BCUT2D eigenvalue weighted by Gasteiger charge is -2.30. The summed E-state index contributed by atoms with van der Waals surface area (Å²) in [6, 6.07) is 15.1. The van der Waals surface area contributed by atoms with Crippen LogP contribution in [0, 0.1) is 5.92 Å². The lowest BCUT2D eigenvalue weighted by molar-refractivity contribution is -0.126. The largest absolute Gasteiger partial charge is 0.486 e. The van der Waals surface area contributed by atoms with Crippen LogP contribution in [0.15, 0.2) is 54.7 Å². The van der Waals surface area contributed by atoms with Crippen LogP contribution in [-0.4, -0.2) is 77.9 Å². The number of hydrogen-bond donors (Lipinski definition) is 1. The van der Waals surface area contributed by atoms with Crippen LogP contribution in [0.5, 0.6) is 11.8 Å². The molecule has 2 aromatic carbocycles. The molecule has 4 aromatic rings. The first-order valence-electron chi connectivity index (χ1n) is 15.9. The number of Topliss-reactive ketones (excluding diaryl/α,β-unsaturated/α-hetero) is 1. The zero-order valence-electron chi connectivity index (χ0n) is 27.4. The fourth-order valence-electron chi connectivity index (χ4n) is 5.88. The summed E-state index contributed by atoms with van der Waals surface area (Å²) in [6.45, 7) is 2.69. The van der Waals surface area contributed by atoms with Crippen molar-refractivity contribution in [3.8, 4) is 11.8 Å². The zero-order chi connectivity index (χ0) is 34.2. The predicted molar refractivity (Wildman–Crippen MR) is 186 cm³/mol. The maximum Gasteiger partial charge on any atom is 0.297 e. The number of benzene rings is 2. The molecule has 0 saturated carbocycles. The monoisotopic (exact) mass is 694 g/mol. The van der Waals surface area contributed by atoms with Gasteiger partial charge in [0.05, 0.1) is 35.6 Å². The number of piperidine rings is 1.